The van der Waals surface area contributed by atoms with Crippen LogP contribution in [0.15, 0.2) is 47.6 Å². The van der Waals surface area contributed by atoms with Crippen molar-refractivity contribution in [2.24, 2.45) is 0 Å². The molecule has 1 saturated heterocycles. The molecular formula is C23H25N7O3S. The Morgan fingerprint density at radius 2 is 2.06 bits per heavy atom. The topological polar surface area (TPSA) is 130 Å². The first-order valence-corrected chi connectivity index (χ1v) is 12.7. The Morgan fingerprint density at radius 1 is 1.26 bits per heavy atom. The molecule has 0 radical (unpaired) electrons. The molecule has 2 atom stereocenters. The van der Waals surface area contributed by atoms with Gasteiger partial charge in [0.05, 0.1) is 34.3 Å². The lowest BCUT2D eigenvalue weighted by atomic mass is 10.2. The predicted octanol–water partition coefficient (Wildman–Crippen LogP) is 2.62. The molecule has 1 N–H and O–H groups in total. The Bertz CT molecular complexity index is 1490. The van der Waals surface area contributed by atoms with Crippen molar-refractivity contribution in [1.82, 2.24) is 28.6 Å². The van der Waals surface area contributed by atoms with Gasteiger partial charge in [-0.25, -0.2) is 9.97 Å². The maximum Gasteiger partial charge on any atom is 0.284 e. The summed E-state index contributed by atoms with van der Waals surface area (Å²) in [6.07, 6.45) is 4.44. The molecule has 1 aromatic carbocycles. The first kappa shape index (κ1) is 22.5. The maximum atomic E-state index is 13.2. The molecule has 5 rings (SSSR count). The summed E-state index contributed by atoms with van der Waals surface area (Å²) in [5.74, 6) is 0.520. The van der Waals surface area contributed by atoms with Crippen molar-refractivity contribution in [3.05, 3.63) is 48.5 Å². The van der Waals surface area contributed by atoms with Gasteiger partial charge >= 0.3 is 0 Å². The number of aliphatic hydroxyl groups is 1. The number of rotatable bonds is 7. The third-order valence-corrected chi connectivity index (χ3v) is 7.85. The van der Waals surface area contributed by atoms with Crippen molar-refractivity contribution in [3.8, 4) is 6.07 Å². The molecular weight excluding hydrogens is 454 g/mol. The van der Waals surface area contributed by atoms with E-state index in [4.69, 9.17) is 5.26 Å². The number of fused-ring (bicyclic) bond motifs is 3. The summed E-state index contributed by atoms with van der Waals surface area (Å²) in [6.45, 7) is 4.15. The molecule has 10 nitrogen and oxygen atoms in total. The minimum atomic E-state index is -3.92. The first-order valence-electron chi connectivity index (χ1n) is 11.2. The fraction of sp³-hybridized carbons (Fsp3) is 0.391. The number of nitriles is 1. The van der Waals surface area contributed by atoms with Gasteiger partial charge in [0.1, 0.15) is 17.4 Å². The van der Waals surface area contributed by atoms with Gasteiger partial charge in [-0.2, -0.15) is 18.8 Å². The number of hydrogen-bond acceptors (Lipinski definition) is 8. The Labute approximate surface area is 197 Å². The summed E-state index contributed by atoms with van der Waals surface area (Å²) < 4.78 is 29.5. The maximum absolute atomic E-state index is 13.2. The Hall–Kier alpha value is -3.33. The molecule has 0 spiro atoms. The average molecular weight is 480 g/mol. The van der Waals surface area contributed by atoms with Gasteiger partial charge in [0, 0.05) is 25.6 Å². The third kappa shape index (κ3) is 3.73. The molecule has 0 amide bonds. The lowest BCUT2D eigenvalue weighted by Crippen LogP contribution is -2.23. The summed E-state index contributed by atoms with van der Waals surface area (Å²) in [7, 11) is -3.92. The summed E-state index contributed by atoms with van der Waals surface area (Å²) in [6, 6.07) is 10.4. The highest BCUT2D eigenvalue weighted by atomic mass is 32.2. The van der Waals surface area contributed by atoms with Crippen molar-refractivity contribution < 1.29 is 13.5 Å². The summed E-state index contributed by atoms with van der Waals surface area (Å²) in [5.41, 5.74) is 1.53. The number of aliphatic hydroxyl groups excluding tert-OH is 1. The third-order valence-electron chi connectivity index (χ3n) is 6.26. The highest BCUT2D eigenvalue weighted by molar-refractivity contribution is 7.90. The number of hydrogen-bond donors (Lipinski definition) is 1. The van der Waals surface area contributed by atoms with Gasteiger partial charge in [-0.1, -0.05) is 18.2 Å². The Balaban J connectivity index is 1.62. The van der Waals surface area contributed by atoms with Gasteiger partial charge in [0.15, 0.2) is 5.65 Å². The van der Waals surface area contributed by atoms with Crippen LogP contribution in [0.5, 0.6) is 0 Å². The number of benzene rings is 1. The molecule has 4 aromatic rings. The van der Waals surface area contributed by atoms with Gasteiger partial charge < -0.3 is 14.6 Å². The van der Waals surface area contributed by atoms with Crippen LogP contribution in [0.1, 0.15) is 44.2 Å². The van der Waals surface area contributed by atoms with Crippen molar-refractivity contribution in [1.29, 1.82) is 5.26 Å². The fourth-order valence-corrected chi connectivity index (χ4v) is 5.95. The fourth-order valence-electron chi connectivity index (χ4n) is 4.70. The molecule has 0 bridgehead atoms. The van der Waals surface area contributed by atoms with Crippen LogP contribution in [0, 0.1) is 11.3 Å². The number of unbranched alkanes of at least 4 members (excludes halogenated alkanes) is 1. The standard InChI is InChI=1S/C23H25N7O3S/c1-16(31)22-27-20-14-25-23-19(13-26-30(23)34(32,33)18-7-3-2-4-8-18)21(20)29(22)17-9-12-28(15-17)11-6-5-10-24/h2-4,7-8,13-14,16-17,31H,5-6,9,11-12,15H2,1H3/t16-,17+/m1/s1. The van der Waals surface area contributed by atoms with Crippen LogP contribution in [-0.2, 0) is 10.0 Å². The van der Waals surface area contributed by atoms with Crippen LogP contribution in [0.3, 0.4) is 0 Å². The monoisotopic (exact) mass is 479 g/mol. The summed E-state index contributed by atoms with van der Waals surface area (Å²) in [5, 5.41) is 24.1. The molecule has 1 fully saturated rings. The predicted molar refractivity (Wildman–Crippen MR) is 125 cm³/mol. The first-order chi connectivity index (χ1) is 16.4. The zero-order chi connectivity index (χ0) is 23.9. The number of imidazole rings is 1. The quantitative estimate of drug-likeness (QED) is 0.400. The van der Waals surface area contributed by atoms with E-state index < -0.39 is 16.1 Å². The van der Waals surface area contributed by atoms with Gasteiger partial charge in [0.2, 0.25) is 0 Å². The zero-order valence-electron chi connectivity index (χ0n) is 18.7. The van der Waals surface area contributed by atoms with Crippen molar-refractivity contribution in [3.63, 3.8) is 0 Å². The lowest BCUT2D eigenvalue weighted by Gasteiger charge is -2.19. The molecule has 0 unspecified atom stereocenters. The lowest BCUT2D eigenvalue weighted by molar-refractivity contribution is 0.181. The highest BCUT2D eigenvalue weighted by Gasteiger charge is 2.30. The second kappa shape index (κ2) is 8.79. The number of pyridine rings is 1. The number of likely N-dealkylation sites (tertiary alicyclic amines) is 1. The van der Waals surface area contributed by atoms with E-state index in [-0.39, 0.29) is 16.6 Å². The zero-order valence-corrected chi connectivity index (χ0v) is 19.6. The molecule has 0 saturated carbocycles. The van der Waals surface area contributed by atoms with E-state index in [0.29, 0.717) is 23.1 Å². The minimum Gasteiger partial charge on any atom is -0.385 e. The average Bonchev–Trinajstić information content (AvgIpc) is 3.55. The van der Waals surface area contributed by atoms with Crippen molar-refractivity contribution >= 4 is 32.1 Å². The second-order valence-corrected chi connectivity index (χ2v) is 10.3. The van der Waals surface area contributed by atoms with Gasteiger partial charge in [0.25, 0.3) is 10.0 Å². The highest BCUT2D eigenvalue weighted by Crippen LogP contribution is 2.34. The Kier molecular flexibility index (Phi) is 5.81. The van der Waals surface area contributed by atoms with E-state index in [2.05, 4.69) is 26.0 Å². The van der Waals surface area contributed by atoms with E-state index in [9.17, 15) is 13.5 Å². The van der Waals surface area contributed by atoms with Gasteiger partial charge in [-0.15, -0.1) is 4.09 Å². The molecule has 176 valence electrons. The van der Waals surface area contributed by atoms with Crippen LogP contribution in [0.25, 0.3) is 22.1 Å². The van der Waals surface area contributed by atoms with Crippen molar-refractivity contribution in [2.45, 2.75) is 43.2 Å². The van der Waals surface area contributed by atoms with Gasteiger partial charge in [-0.3, -0.25) is 0 Å². The van der Waals surface area contributed by atoms with Crippen LogP contribution >= 0.6 is 0 Å². The van der Waals surface area contributed by atoms with Gasteiger partial charge in [-0.05, 0) is 38.4 Å². The largest absolute Gasteiger partial charge is 0.385 e. The summed E-state index contributed by atoms with van der Waals surface area (Å²) in [4.78, 5) is 11.5. The molecule has 1 aliphatic heterocycles. The molecule has 34 heavy (non-hydrogen) atoms. The molecule has 11 heteroatoms. The van der Waals surface area contributed by atoms with Crippen molar-refractivity contribution in [2.75, 3.05) is 19.6 Å². The van der Waals surface area contributed by atoms with Crippen LogP contribution in [0.2, 0.25) is 0 Å². The van der Waals surface area contributed by atoms with E-state index in [1.165, 1.54) is 18.3 Å². The van der Waals surface area contributed by atoms with Crippen LogP contribution in [-0.4, -0.2) is 61.8 Å². The van der Waals surface area contributed by atoms with Crippen LogP contribution in [0.4, 0.5) is 0 Å². The van der Waals surface area contributed by atoms with E-state index >= 15 is 0 Å². The molecule has 3 aromatic heterocycles. The molecule has 0 aliphatic carbocycles. The number of nitrogens with zero attached hydrogens (tertiary/aromatic N) is 7. The molecule has 1 aliphatic rings. The van der Waals surface area contributed by atoms with E-state index in [1.54, 1.807) is 31.3 Å². The Morgan fingerprint density at radius 3 is 2.79 bits per heavy atom. The van der Waals surface area contributed by atoms with Crippen LogP contribution < -0.4 is 0 Å². The number of aromatic nitrogens is 5. The summed E-state index contributed by atoms with van der Waals surface area (Å²) >= 11 is 0. The van der Waals surface area contributed by atoms with E-state index in [0.717, 1.165) is 42.1 Å². The molecule has 4 heterocycles. The smallest absolute Gasteiger partial charge is 0.284 e. The second-order valence-electron chi connectivity index (χ2n) is 8.56. The minimum absolute atomic E-state index is 0.0522. The van der Waals surface area contributed by atoms with E-state index in [1.807, 2.05) is 4.57 Å². The normalized spacial score (nSPS) is 18.0. The SMILES string of the molecule is C[C@@H](O)c1nc2cnc3c(cnn3S(=O)(=O)c3ccccc3)c2n1[C@H]1CCN(CCCC#N)C1.